The van der Waals surface area contributed by atoms with Crippen molar-refractivity contribution in [1.82, 2.24) is 0 Å². The Morgan fingerprint density at radius 3 is 2.30 bits per heavy atom. The van der Waals surface area contributed by atoms with Crippen LogP contribution < -0.4 is 0 Å². The van der Waals surface area contributed by atoms with Crippen LogP contribution in [-0.2, 0) is 9.53 Å². The highest BCUT2D eigenvalue weighted by Gasteiger charge is 2.17. The van der Waals surface area contributed by atoms with Crippen molar-refractivity contribution in [2.45, 2.75) is 53.4 Å². The zero-order chi connectivity index (χ0) is 17.4. The Bertz CT molecular complexity index is 520. The van der Waals surface area contributed by atoms with E-state index in [9.17, 15) is 9.59 Å². The summed E-state index contributed by atoms with van der Waals surface area (Å²) in [5.74, 6) is 0.107. The third-order valence-electron chi connectivity index (χ3n) is 4.02. The number of benzene rings is 1. The van der Waals surface area contributed by atoms with E-state index < -0.39 is 11.6 Å². The molecular weight excluding hydrogens is 356 g/mol. The Kier molecular flexibility index (Phi) is 8.71. The third-order valence-corrected chi connectivity index (χ3v) is 4.64. The Morgan fingerprint density at radius 2 is 1.83 bits per heavy atom. The molecule has 128 valence electrons. The van der Waals surface area contributed by atoms with E-state index in [0.29, 0.717) is 10.0 Å². The van der Waals surface area contributed by atoms with E-state index in [4.69, 9.17) is 4.74 Å². The smallest absolute Gasteiger partial charge is 0.229 e. The standard InChI is InChI=1S/C11H11BrO2.C8H16O/c1-6-4-7(2)10(9(12)5-6)11(14)8(3)13;1-2-3-8-4-6-9-7-5-8/h4-5H,1-3H3;8H,2-7H2,1H3. The molecule has 0 bridgehead atoms. The number of hydrogen-bond donors (Lipinski definition) is 0. The van der Waals surface area contributed by atoms with E-state index in [1.165, 1.54) is 32.6 Å². The molecular formula is C19H27BrO3. The minimum absolute atomic E-state index is 0.433. The maximum atomic E-state index is 11.5. The number of ketones is 2. The summed E-state index contributed by atoms with van der Waals surface area (Å²) in [6.45, 7) is 9.33. The summed E-state index contributed by atoms with van der Waals surface area (Å²) in [5, 5.41) is 0. The van der Waals surface area contributed by atoms with E-state index >= 15 is 0 Å². The predicted molar refractivity (Wildman–Crippen MR) is 97.1 cm³/mol. The third kappa shape index (κ3) is 6.56. The number of carbonyl (C=O) groups is 2. The molecule has 0 N–H and O–H groups in total. The molecule has 3 nitrogen and oxygen atoms in total. The molecule has 0 aromatic heterocycles. The molecule has 0 saturated carbocycles. The van der Waals surface area contributed by atoms with Crippen molar-refractivity contribution in [1.29, 1.82) is 0 Å². The second kappa shape index (κ2) is 9.99. The molecule has 1 saturated heterocycles. The molecule has 0 atom stereocenters. The van der Waals surface area contributed by atoms with Crippen molar-refractivity contribution < 1.29 is 14.3 Å². The lowest BCUT2D eigenvalue weighted by molar-refractivity contribution is -0.113. The van der Waals surface area contributed by atoms with Crippen molar-refractivity contribution in [3.05, 3.63) is 33.3 Å². The summed E-state index contributed by atoms with van der Waals surface area (Å²) >= 11 is 3.29. The van der Waals surface area contributed by atoms with E-state index in [-0.39, 0.29) is 0 Å². The van der Waals surface area contributed by atoms with Gasteiger partial charge in [-0.05, 0) is 49.8 Å². The SMILES string of the molecule is CC(=O)C(=O)c1c(C)cc(C)cc1Br.CCCC1CCOCC1. The lowest BCUT2D eigenvalue weighted by Crippen LogP contribution is -2.14. The van der Waals surface area contributed by atoms with Crippen LogP contribution in [0.5, 0.6) is 0 Å². The lowest BCUT2D eigenvalue weighted by Gasteiger charge is -2.20. The van der Waals surface area contributed by atoms with Crippen molar-refractivity contribution in [2.24, 2.45) is 5.92 Å². The Balaban J connectivity index is 0.000000253. The van der Waals surface area contributed by atoms with Gasteiger partial charge in [-0.15, -0.1) is 0 Å². The molecule has 0 spiro atoms. The first-order chi connectivity index (χ1) is 10.9. The molecule has 0 aliphatic carbocycles. The summed E-state index contributed by atoms with van der Waals surface area (Å²) in [7, 11) is 0. The van der Waals surface area contributed by atoms with Gasteiger partial charge < -0.3 is 4.74 Å². The number of Topliss-reactive ketones (excluding diaryl/α,β-unsaturated/α-hetero) is 2. The number of hydrogen-bond acceptors (Lipinski definition) is 3. The van der Waals surface area contributed by atoms with Crippen LogP contribution in [0.15, 0.2) is 16.6 Å². The van der Waals surface area contributed by atoms with Crippen molar-refractivity contribution in [2.75, 3.05) is 13.2 Å². The predicted octanol–water partition coefficient (Wildman–Crippen LogP) is 5.05. The molecule has 1 heterocycles. The van der Waals surface area contributed by atoms with Gasteiger partial charge in [0.2, 0.25) is 5.78 Å². The van der Waals surface area contributed by atoms with Gasteiger partial charge >= 0.3 is 0 Å². The quantitative estimate of drug-likeness (QED) is 0.540. The van der Waals surface area contributed by atoms with Gasteiger partial charge in [-0.1, -0.05) is 41.8 Å². The van der Waals surface area contributed by atoms with Crippen molar-refractivity contribution >= 4 is 27.5 Å². The fraction of sp³-hybridized carbons (Fsp3) is 0.579. The van der Waals surface area contributed by atoms with Gasteiger partial charge in [0.05, 0.1) is 0 Å². The van der Waals surface area contributed by atoms with Gasteiger partial charge in [0, 0.05) is 30.2 Å². The molecule has 2 rings (SSSR count). The highest BCUT2D eigenvalue weighted by atomic mass is 79.9. The molecule has 23 heavy (non-hydrogen) atoms. The Hall–Kier alpha value is -1.00. The highest BCUT2D eigenvalue weighted by Crippen LogP contribution is 2.23. The Morgan fingerprint density at radius 1 is 1.22 bits per heavy atom. The van der Waals surface area contributed by atoms with Crippen molar-refractivity contribution in [3.63, 3.8) is 0 Å². The molecule has 1 aromatic carbocycles. The molecule has 0 radical (unpaired) electrons. The average Bonchev–Trinajstić information content (AvgIpc) is 2.48. The summed E-state index contributed by atoms with van der Waals surface area (Å²) in [6, 6.07) is 3.73. The molecule has 1 aliphatic heterocycles. The van der Waals surface area contributed by atoms with Crippen LogP contribution in [0.2, 0.25) is 0 Å². The van der Waals surface area contributed by atoms with Gasteiger partial charge in [0.25, 0.3) is 0 Å². The number of ether oxygens (including phenoxy) is 1. The zero-order valence-corrected chi connectivity index (χ0v) is 16.2. The summed E-state index contributed by atoms with van der Waals surface area (Å²) in [4.78, 5) is 22.5. The second-order valence-electron chi connectivity index (χ2n) is 6.17. The van der Waals surface area contributed by atoms with E-state index in [1.807, 2.05) is 26.0 Å². The van der Waals surface area contributed by atoms with Crippen LogP contribution in [0.4, 0.5) is 0 Å². The van der Waals surface area contributed by atoms with Gasteiger partial charge in [-0.25, -0.2) is 0 Å². The molecule has 0 amide bonds. The van der Waals surface area contributed by atoms with Crippen LogP contribution in [0, 0.1) is 19.8 Å². The van der Waals surface area contributed by atoms with E-state index in [2.05, 4.69) is 22.9 Å². The molecule has 0 unspecified atom stereocenters. The summed E-state index contributed by atoms with van der Waals surface area (Å²) in [6.07, 6.45) is 5.34. The first-order valence-electron chi connectivity index (χ1n) is 8.26. The molecule has 1 aliphatic rings. The molecule has 4 heteroatoms. The molecule has 1 fully saturated rings. The topological polar surface area (TPSA) is 43.4 Å². The lowest BCUT2D eigenvalue weighted by atomic mass is 9.95. The Labute approximate surface area is 147 Å². The zero-order valence-electron chi connectivity index (χ0n) is 14.6. The first kappa shape index (κ1) is 20.0. The number of carbonyl (C=O) groups excluding carboxylic acids is 2. The first-order valence-corrected chi connectivity index (χ1v) is 9.05. The normalized spacial score (nSPS) is 14.8. The number of halogens is 1. The minimum Gasteiger partial charge on any atom is -0.381 e. The van der Waals surface area contributed by atoms with Gasteiger partial charge in [0.1, 0.15) is 0 Å². The van der Waals surface area contributed by atoms with E-state index in [1.54, 1.807) is 0 Å². The van der Waals surface area contributed by atoms with Gasteiger partial charge in [-0.3, -0.25) is 9.59 Å². The second-order valence-corrected chi connectivity index (χ2v) is 7.02. The maximum absolute atomic E-state index is 11.5. The van der Waals surface area contributed by atoms with Crippen LogP contribution in [0.25, 0.3) is 0 Å². The van der Waals surface area contributed by atoms with Crippen LogP contribution >= 0.6 is 15.9 Å². The maximum Gasteiger partial charge on any atom is 0.229 e. The number of rotatable bonds is 4. The highest BCUT2D eigenvalue weighted by molar-refractivity contribution is 9.10. The number of aryl methyl sites for hydroxylation is 2. The van der Waals surface area contributed by atoms with Crippen LogP contribution in [-0.4, -0.2) is 24.8 Å². The summed E-state index contributed by atoms with van der Waals surface area (Å²) in [5.41, 5.74) is 2.37. The van der Waals surface area contributed by atoms with E-state index in [0.717, 1.165) is 30.3 Å². The fourth-order valence-electron chi connectivity index (χ4n) is 2.82. The van der Waals surface area contributed by atoms with Crippen LogP contribution in [0.1, 0.15) is 61.0 Å². The average molecular weight is 383 g/mol. The summed E-state index contributed by atoms with van der Waals surface area (Å²) < 4.78 is 5.94. The monoisotopic (exact) mass is 382 g/mol. The largest absolute Gasteiger partial charge is 0.381 e. The fourth-order valence-corrected chi connectivity index (χ4v) is 3.68. The van der Waals surface area contributed by atoms with Gasteiger partial charge in [-0.2, -0.15) is 0 Å². The van der Waals surface area contributed by atoms with Gasteiger partial charge in [0.15, 0.2) is 5.78 Å². The minimum atomic E-state index is -0.436. The molecule has 1 aromatic rings. The van der Waals surface area contributed by atoms with Crippen LogP contribution in [0.3, 0.4) is 0 Å². The van der Waals surface area contributed by atoms with Crippen molar-refractivity contribution in [3.8, 4) is 0 Å².